The van der Waals surface area contributed by atoms with Gasteiger partial charge in [0.25, 0.3) is 5.91 Å². The molecule has 5 nitrogen and oxygen atoms in total. The molecule has 25 heavy (non-hydrogen) atoms. The summed E-state index contributed by atoms with van der Waals surface area (Å²) in [6.07, 6.45) is -0.801. The van der Waals surface area contributed by atoms with E-state index in [-0.39, 0.29) is 5.91 Å². The summed E-state index contributed by atoms with van der Waals surface area (Å²) in [5, 5.41) is 9.25. The van der Waals surface area contributed by atoms with Crippen LogP contribution in [0.25, 0.3) is 0 Å². The van der Waals surface area contributed by atoms with Crippen LogP contribution in [0.3, 0.4) is 0 Å². The van der Waals surface area contributed by atoms with Crippen molar-refractivity contribution in [2.45, 2.75) is 6.10 Å². The lowest BCUT2D eigenvalue weighted by Gasteiger charge is -2.30. The highest BCUT2D eigenvalue weighted by atomic mass is 35.5. The Morgan fingerprint density at radius 2 is 1.92 bits per heavy atom. The molecule has 3 rings (SSSR count). The fourth-order valence-electron chi connectivity index (χ4n) is 2.63. The molecule has 2 aromatic carbocycles. The predicted molar refractivity (Wildman–Crippen MR) is 93.4 cm³/mol. The second-order valence-corrected chi connectivity index (χ2v) is 6.01. The molecular weight excluding hydrogens is 340 g/mol. The number of ether oxygens (including phenoxy) is 2. The Morgan fingerprint density at radius 3 is 2.56 bits per heavy atom. The molecule has 1 heterocycles. The largest absolute Gasteiger partial charge is 0.474 e. The maximum absolute atomic E-state index is 13.0. The standard InChI is InChI=1S/C19H17ClN2O3/c20-16-12-14(13-21)6-7-17(16)25-18(15-4-2-1-3-5-15)19(23)22-8-10-24-11-9-22/h1-7,12,18H,8-11H2/t18-/m1/s1. The van der Waals surface area contributed by atoms with Crippen LogP contribution in [-0.2, 0) is 9.53 Å². The number of carbonyl (C=O) groups excluding carboxylic acids is 1. The monoisotopic (exact) mass is 356 g/mol. The number of benzene rings is 2. The summed E-state index contributed by atoms with van der Waals surface area (Å²) in [5.74, 6) is 0.242. The lowest BCUT2D eigenvalue weighted by molar-refractivity contribution is -0.143. The van der Waals surface area contributed by atoms with Crippen molar-refractivity contribution < 1.29 is 14.3 Å². The molecule has 6 heteroatoms. The minimum atomic E-state index is -0.801. The second-order valence-electron chi connectivity index (χ2n) is 5.60. The second kappa shape index (κ2) is 8.02. The number of nitrogens with zero attached hydrogens (tertiary/aromatic N) is 2. The molecule has 0 bridgehead atoms. The van der Waals surface area contributed by atoms with Crippen molar-refractivity contribution in [1.29, 1.82) is 5.26 Å². The molecule has 1 atom stereocenters. The zero-order valence-electron chi connectivity index (χ0n) is 13.5. The maximum atomic E-state index is 13.0. The summed E-state index contributed by atoms with van der Waals surface area (Å²) < 4.78 is 11.3. The lowest BCUT2D eigenvalue weighted by atomic mass is 10.1. The number of nitriles is 1. The first-order valence-electron chi connectivity index (χ1n) is 7.97. The van der Waals surface area contributed by atoms with Gasteiger partial charge in [0, 0.05) is 18.7 Å². The van der Waals surface area contributed by atoms with Crippen molar-refractivity contribution in [2.75, 3.05) is 26.3 Å². The van der Waals surface area contributed by atoms with Crippen LogP contribution in [0.4, 0.5) is 0 Å². The molecule has 0 N–H and O–H groups in total. The Morgan fingerprint density at radius 1 is 1.20 bits per heavy atom. The molecular formula is C19H17ClN2O3. The van der Waals surface area contributed by atoms with E-state index in [9.17, 15) is 4.79 Å². The van der Waals surface area contributed by atoms with E-state index in [1.165, 1.54) is 6.07 Å². The molecule has 1 aliphatic rings. The van der Waals surface area contributed by atoms with Crippen LogP contribution in [0.5, 0.6) is 5.75 Å². The Balaban J connectivity index is 1.89. The minimum absolute atomic E-state index is 0.130. The van der Waals surface area contributed by atoms with Crippen molar-refractivity contribution in [3.05, 3.63) is 64.7 Å². The van der Waals surface area contributed by atoms with Gasteiger partial charge < -0.3 is 14.4 Å². The van der Waals surface area contributed by atoms with E-state index in [0.717, 1.165) is 5.56 Å². The maximum Gasteiger partial charge on any atom is 0.268 e. The third kappa shape index (κ3) is 4.11. The van der Waals surface area contributed by atoms with Crippen LogP contribution in [0.15, 0.2) is 48.5 Å². The van der Waals surface area contributed by atoms with Gasteiger partial charge in [0.2, 0.25) is 6.10 Å². The van der Waals surface area contributed by atoms with E-state index in [2.05, 4.69) is 0 Å². The molecule has 1 aliphatic heterocycles. The van der Waals surface area contributed by atoms with Crippen LogP contribution >= 0.6 is 11.6 Å². The molecule has 128 valence electrons. The van der Waals surface area contributed by atoms with Crippen LogP contribution in [-0.4, -0.2) is 37.1 Å². The molecule has 0 unspecified atom stereocenters. The van der Waals surface area contributed by atoms with Gasteiger partial charge in [-0.1, -0.05) is 41.9 Å². The Kier molecular flexibility index (Phi) is 5.54. The molecule has 0 aliphatic carbocycles. The highest BCUT2D eigenvalue weighted by molar-refractivity contribution is 6.32. The first-order chi connectivity index (χ1) is 12.2. The van der Waals surface area contributed by atoms with Crippen LogP contribution in [0, 0.1) is 11.3 Å². The average molecular weight is 357 g/mol. The normalized spacial score (nSPS) is 15.3. The fourth-order valence-corrected chi connectivity index (χ4v) is 2.86. The number of halogens is 1. The first kappa shape index (κ1) is 17.3. The van der Waals surface area contributed by atoms with Crippen molar-refractivity contribution in [3.63, 3.8) is 0 Å². The van der Waals surface area contributed by atoms with E-state index in [4.69, 9.17) is 26.3 Å². The molecule has 2 aromatic rings. The number of hydrogen-bond acceptors (Lipinski definition) is 4. The van der Waals surface area contributed by atoms with E-state index >= 15 is 0 Å². The van der Waals surface area contributed by atoms with Crippen LogP contribution in [0.2, 0.25) is 5.02 Å². The number of carbonyl (C=O) groups is 1. The molecule has 1 amide bonds. The predicted octanol–water partition coefficient (Wildman–Crippen LogP) is 3.19. The number of rotatable bonds is 4. The summed E-state index contributed by atoms with van der Waals surface area (Å²) in [4.78, 5) is 14.7. The summed E-state index contributed by atoms with van der Waals surface area (Å²) >= 11 is 6.21. The zero-order chi connectivity index (χ0) is 17.6. The van der Waals surface area contributed by atoms with Gasteiger partial charge in [0.05, 0.1) is 29.9 Å². The van der Waals surface area contributed by atoms with E-state index in [1.807, 2.05) is 36.4 Å². The van der Waals surface area contributed by atoms with E-state index in [0.29, 0.717) is 42.6 Å². The number of amides is 1. The smallest absolute Gasteiger partial charge is 0.268 e. The molecule has 1 fully saturated rings. The van der Waals surface area contributed by atoms with Crippen molar-refractivity contribution in [2.24, 2.45) is 0 Å². The molecule has 0 aromatic heterocycles. The number of hydrogen-bond donors (Lipinski definition) is 0. The number of morpholine rings is 1. The van der Waals surface area contributed by atoms with Gasteiger partial charge in [-0.25, -0.2) is 0 Å². The molecule has 1 saturated heterocycles. The zero-order valence-corrected chi connectivity index (χ0v) is 14.3. The summed E-state index contributed by atoms with van der Waals surface area (Å²) in [6.45, 7) is 2.11. The first-order valence-corrected chi connectivity index (χ1v) is 8.34. The summed E-state index contributed by atoms with van der Waals surface area (Å²) in [5.41, 5.74) is 1.19. The third-order valence-corrected chi connectivity index (χ3v) is 4.25. The third-order valence-electron chi connectivity index (χ3n) is 3.96. The molecule has 0 spiro atoms. The van der Waals surface area contributed by atoms with E-state index in [1.54, 1.807) is 17.0 Å². The van der Waals surface area contributed by atoms with Crippen molar-refractivity contribution in [3.8, 4) is 11.8 Å². The summed E-state index contributed by atoms with van der Waals surface area (Å²) in [7, 11) is 0. The van der Waals surface area contributed by atoms with Gasteiger partial charge in [-0.15, -0.1) is 0 Å². The van der Waals surface area contributed by atoms with Gasteiger partial charge in [0.1, 0.15) is 5.75 Å². The lowest BCUT2D eigenvalue weighted by Crippen LogP contribution is -2.44. The quantitative estimate of drug-likeness (QED) is 0.844. The fraction of sp³-hybridized carbons (Fsp3) is 0.263. The minimum Gasteiger partial charge on any atom is -0.474 e. The van der Waals surface area contributed by atoms with Gasteiger partial charge in [-0.3, -0.25) is 4.79 Å². The Hall–Kier alpha value is -2.55. The van der Waals surface area contributed by atoms with Crippen LogP contribution < -0.4 is 4.74 Å². The Bertz CT molecular complexity index is 783. The highest BCUT2D eigenvalue weighted by Gasteiger charge is 2.29. The van der Waals surface area contributed by atoms with Gasteiger partial charge in [0.15, 0.2) is 0 Å². The average Bonchev–Trinajstić information content (AvgIpc) is 2.68. The molecule has 0 saturated carbocycles. The van der Waals surface area contributed by atoms with Gasteiger partial charge in [-0.05, 0) is 18.2 Å². The SMILES string of the molecule is N#Cc1ccc(O[C@@H](C(=O)N2CCOCC2)c2ccccc2)c(Cl)c1. The topological polar surface area (TPSA) is 62.6 Å². The van der Waals surface area contributed by atoms with Crippen molar-refractivity contribution in [1.82, 2.24) is 4.90 Å². The van der Waals surface area contributed by atoms with Crippen LogP contribution in [0.1, 0.15) is 17.2 Å². The summed E-state index contributed by atoms with van der Waals surface area (Å²) in [6, 6.07) is 16.1. The molecule has 0 radical (unpaired) electrons. The van der Waals surface area contributed by atoms with Crippen molar-refractivity contribution >= 4 is 17.5 Å². The highest BCUT2D eigenvalue weighted by Crippen LogP contribution is 2.31. The Labute approximate surface area is 151 Å². The van der Waals surface area contributed by atoms with Gasteiger partial charge in [-0.2, -0.15) is 5.26 Å². The van der Waals surface area contributed by atoms with E-state index < -0.39 is 6.10 Å². The van der Waals surface area contributed by atoms with Gasteiger partial charge >= 0.3 is 0 Å².